The van der Waals surface area contributed by atoms with Crippen LogP contribution in [0.25, 0.3) is 0 Å². The standard InChI is InChI=1S/C13H19N3OS/c1-10-15-11(8-18-10)7-16-9-13(6-12(16)17)2-4-14-5-3-13/h8,14H,2-7,9H2,1H3. The molecular formula is C13H19N3OS. The number of hydrogen-bond acceptors (Lipinski definition) is 4. The molecule has 0 aliphatic carbocycles. The molecule has 0 unspecified atom stereocenters. The summed E-state index contributed by atoms with van der Waals surface area (Å²) >= 11 is 1.66. The zero-order chi connectivity index (χ0) is 12.6. The number of aromatic nitrogens is 1. The van der Waals surface area contributed by atoms with Gasteiger partial charge in [0.05, 0.1) is 17.2 Å². The van der Waals surface area contributed by atoms with Crippen molar-refractivity contribution in [2.45, 2.75) is 32.7 Å². The summed E-state index contributed by atoms with van der Waals surface area (Å²) in [4.78, 5) is 18.6. The van der Waals surface area contributed by atoms with Crippen LogP contribution < -0.4 is 5.32 Å². The molecule has 2 fully saturated rings. The third kappa shape index (κ3) is 2.29. The zero-order valence-electron chi connectivity index (χ0n) is 10.7. The fraction of sp³-hybridized carbons (Fsp3) is 0.692. The lowest BCUT2D eigenvalue weighted by molar-refractivity contribution is -0.128. The normalized spacial score (nSPS) is 22.9. The second-order valence-electron chi connectivity index (χ2n) is 5.53. The Labute approximate surface area is 111 Å². The Kier molecular flexibility index (Phi) is 3.11. The molecule has 1 N–H and O–H groups in total. The van der Waals surface area contributed by atoms with E-state index in [0.29, 0.717) is 12.5 Å². The Morgan fingerprint density at radius 1 is 1.50 bits per heavy atom. The highest BCUT2D eigenvalue weighted by Crippen LogP contribution is 2.39. The third-order valence-corrected chi connectivity index (χ3v) is 4.91. The average Bonchev–Trinajstić information content (AvgIpc) is 2.86. The number of carbonyl (C=O) groups excluding carboxylic acids is 1. The van der Waals surface area contributed by atoms with Crippen LogP contribution in [0.5, 0.6) is 0 Å². The van der Waals surface area contributed by atoms with Crippen molar-refractivity contribution in [3.05, 3.63) is 16.1 Å². The molecule has 4 nitrogen and oxygen atoms in total. The maximum Gasteiger partial charge on any atom is 0.223 e. The predicted octanol–water partition coefficient (Wildman–Crippen LogP) is 1.55. The molecule has 2 aliphatic heterocycles. The lowest BCUT2D eigenvalue weighted by atomic mass is 9.78. The van der Waals surface area contributed by atoms with E-state index < -0.39 is 0 Å². The smallest absolute Gasteiger partial charge is 0.223 e. The monoisotopic (exact) mass is 265 g/mol. The highest BCUT2D eigenvalue weighted by Gasteiger charge is 2.43. The van der Waals surface area contributed by atoms with Crippen LogP contribution in [0.1, 0.15) is 30.0 Å². The molecule has 0 atom stereocenters. The summed E-state index contributed by atoms with van der Waals surface area (Å²) in [6.45, 7) is 5.73. The van der Waals surface area contributed by atoms with E-state index in [0.717, 1.165) is 49.6 Å². The lowest BCUT2D eigenvalue weighted by Gasteiger charge is -2.32. The molecule has 18 heavy (non-hydrogen) atoms. The van der Waals surface area contributed by atoms with E-state index in [2.05, 4.69) is 15.7 Å². The van der Waals surface area contributed by atoms with Gasteiger partial charge in [-0.1, -0.05) is 0 Å². The number of amides is 1. The molecule has 1 amide bonds. The Bertz CT molecular complexity index is 451. The van der Waals surface area contributed by atoms with E-state index in [1.165, 1.54) is 0 Å². The topological polar surface area (TPSA) is 45.2 Å². The molecule has 0 radical (unpaired) electrons. The number of piperidine rings is 1. The van der Waals surface area contributed by atoms with Gasteiger partial charge in [0.15, 0.2) is 0 Å². The van der Waals surface area contributed by atoms with E-state index in [1.54, 1.807) is 11.3 Å². The second-order valence-corrected chi connectivity index (χ2v) is 6.60. The van der Waals surface area contributed by atoms with Crippen molar-refractivity contribution < 1.29 is 4.79 Å². The highest BCUT2D eigenvalue weighted by atomic mass is 32.1. The van der Waals surface area contributed by atoms with Gasteiger partial charge in [-0.15, -0.1) is 11.3 Å². The van der Waals surface area contributed by atoms with Gasteiger partial charge < -0.3 is 10.2 Å². The summed E-state index contributed by atoms with van der Waals surface area (Å²) in [6.07, 6.45) is 2.99. The van der Waals surface area contributed by atoms with Crippen LogP contribution in [-0.4, -0.2) is 35.4 Å². The summed E-state index contributed by atoms with van der Waals surface area (Å²) in [6, 6.07) is 0. The molecule has 0 aromatic carbocycles. The molecule has 1 aromatic rings. The Morgan fingerprint density at radius 3 is 2.94 bits per heavy atom. The molecule has 1 aromatic heterocycles. The predicted molar refractivity (Wildman–Crippen MR) is 71.4 cm³/mol. The number of nitrogens with one attached hydrogen (secondary N) is 1. The maximum atomic E-state index is 12.1. The van der Waals surface area contributed by atoms with Gasteiger partial charge in [0, 0.05) is 18.3 Å². The fourth-order valence-electron chi connectivity index (χ4n) is 3.09. The summed E-state index contributed by atoms with van der Waals surface area (Å²) in [5.74, 6) is 0.308. The molecule has 0 bridgehead atoms. The van der Waals surface area contributed by atoms with Crippen LogP contribution in [0.15, 0.2) is 5.38 Å². The molecule has 5 heteroatoms. The average molecular weight is 265 g/mol. The van der Waals surface area contributed by atoms with E-state index in [9.17, 15) is 4.79 Å². The van der Waals surface area contributed by atoms with Crippen molar-refractivity contribution in [2.75, 3.05) is 19.6 Å². The Balaban J connectivity index is 1.68. The summed E-state index contributed by atoms with van der Waals surface area (Å²) in [5.41, 5.74) is 1.28. The molecule has 2 saturated heterocycles. The van der Waals surface area contributed by atoms with Crippen LogP contribution in [0.2, 0.25) is 0 Å². The van der Waals surface area contributed by atoms with Crippen molar-refractivity contribution >= 4 is 17.2 Å². The van der Waals surface area contributed by atoms with Crippen molar-refractivity contribution in [3.8, 4) is 0 Å². The first kappa shape index (κ1) is 12.1. The third-order valence-electron chi connectivity index (χ3n) is 4.09. The van der Waals surface area contributed by atoms with Crippen molar-refractivity contribution in [1.82, 2.24) is 15.2 Å². The summed E-state index contributed by atoms with van der Waals surface area (Å²) in [7, 11) is 0. The van der Waals surface area contributed by atoms with Gasteiger partial charge >= 0.3 is 0 Å². The molecule has 98 valence electrons. The Hall–Kier alpha value is -0.940. The van der Waals surface area contributed by atoms with Crippen molar-refractivity contribution in [1.29, 1.82) is 0 Å². The van der Waals surface area contributed by atoms with Gasteiger partial charge in [0.25, 0.3) is 0 Å². The number of hydrogen-bond donors (Lipinski definition) is 1. The van der Waals surface area contributed by atoms with Crippen LogP contribution in [-0.2, 0) is 11.3 Å². The first-order chi connectivity index (χ1) is 8.67. The lowest BCUT2D eigenvalue weighted by Crippen LogP contribution is -2.38. The largest absolute Gasteiger partial charge is 0.336 e. The number of aryl methyl sites for hydroxylation is 1. The van der Waals surface area contributed by atoms with E-state index >= 15 is 0 Å². The quantitative estimate of drug-likeness (QED) is 0.882. The number of rotatable bonds is 2. The van der Waals surface area contributed by atoms with Crippen molar-refractivity contribution in [2.24, 2.45) is 5.41 Å². The Morgan fingerprint density at radius 2 is 2.28 bits per heavy atom. The first-order valence-corrected chi connectivity index (χ1v) is 7.44. The van der Waals surface area contributed by atoms with Crippen LogP contribution in [0.3, 0.4) is 0 Å². The van der Waals surface area contributed by atoms with E-state index in [-0.39, 0.29) is 5.41 Å². The molecule has 2 aliphatic rings. The fourth-order valence-corrected chi connectivity index (χ4v) is 3.70. The second kappa shape index (κ2) is 4.63. The van der Waals surface area contributed by atoms with Gasteiger partial charge in [-0.2, -0.15) is 0 Å². The van der Waals surface area contributed by atoms with Gasteiger partial charge in [0.2, 0.25) is 5.91 Å². The minimum Gasteiger partial charge on any atom is -0.336 e. The van der Waals surface area contributed by atoms with Gasteiger partial charge in [-0.3, -0.25) is 4.79 Å². The zero-order valence-corrected chi connectivity index (χ0v) is 11.6. The van der Waals surface area contributed by atoms with Crippen LogP contribution in [0.4, 0.5) is 0 Å². The number of likely N-dealkylation sites (tertiary alicyclic amines) is 1. The minimum absolute atomic E-state index is 0.243. The molecule has 3 heterocycles. The van der Waals surface area contributed by atoms with Gasteiger partial charge in [0.1, 0.15) is 0 Å². The maximum absolute atomic E-state index is 12.1. The first-order valence-electron chi connectivity index (χ1n) is 6.56. The van der Waals surface area contributed by atoms with Gasteiger partial charge in [-0.25, -0.2) is 4.98 Å². The van der Waals surface area contributed by atoms with Gasteiger partial charge in [-0.05, 0) is 38.3 Å². The molecule has 3 rings (SSSR count). The SMILES string of the molecule is Cc1nc(CN2CC3(CCNCC3)CC2=O)cs1. The van der Waals surface area contributed by atoms with Crippen LogP contribution >= 0.6 is 11.3 Å². The molecule has 0 saturated carbocycles. The van der Waals surface area contributed by atoms with Crippen LogP contribution in [0, 0.1) is 12.3 Å². The molecule has 1 spiro atoms. The van der Waals surface area contributed by atoms with Crippen molar-refractivity contribution in [3.63, 3.8) is 0 Å². The summed E-state index contributed by atoms with van der Waals surface area (Å²) < 4.78 is 0. The van der Waals surface area contributed by atoms with E-state index in [4.69, 9.17) is 0 Å². The van der Waals surface area contributed by atoms with E-state index in [1.807, 2.05) is 11.8 Å². The highest BCUT2D eigenvalue weighted by molar-refractivity contribution is 7.09. The number of nitrogens with zero attached hydrogens (tertiary/aromatic N) is 2. The number of thiazole rings is 1. The molecular weight excluding hydrogens is 246 g/mol. The summed E-state index contributed by atoms with van der Waals surface area (Å²) in [5, 5.41) is 6.52. The number of carbonyl (C=O) groups is 1. The minimum atomic E-state index is 0.243.